The number of phosphoric acid groups is 3. The molecule has 0 atom stereocenters. The Kier molecular flexibility index (Phi) is 39.3. The molecule has 0 fully saturated rings. The van der Waals surface area contributed by atoms with Crippen LogP contribution in [0.15, 0.2) is 0 Å². The molecule has 0 aliphatic rings. The van der Waals surface area contributed by atoms with Crippen LogP contribution in [-0.4, -0.2) is 14.7 Å². The predicted molar refractivity (Wildman–Crippen MR) is 30.8 cm³/mol. The third-order valence-corrected chi connectivity index (χ3v) is 0. The fourth-order valence-corrected chi connectivity index (χ4v) is 0. The molecule has 122 valence electrons. The average Bonchev–Trinajstić information content (AvgIpc) is 1.41. The fourth-order valence-electron chi connectivity index (χ4n) is 0. The summed E-state index contributed by atoms with van der Waals surface area (Å²) in [5.41, 5.74) is 0. The van der Waals surface area contributed by atoms with Crippen molar-refractivity contribution in [3.8, 4) is 0 Å². The molecule has 2 radical (unpaired) electrons. The van der Waals surface area contributed by atoms with Gasteiger partial charge in [0.15, 0.2) is 0 Å². The molecule has 19 heavy (non-hydrogen) atoms. The van der Waals surface area contributed by atoms with E-state index in [1.807, 2.05) is 0 Å². The number of hydrogen-bond donors (Lipinski definition) is 3. The van der Waals surface area contributed by atoms with Crippen LogP contribution in [0.5, 0.6) is 0 Å². The van der Waals surface area contributed by atoms with Crippen LogP contribution in [0.25, 0.3) is 0 Å². The van der Waals surface area contributed by atoms with Crippen LogP contribution in [0, 0.1) is 0 Å². The Morgan fingerprint density at radius 2 is 0.526 bits per heavy atom. The third kappa shape index (κ3) is 2930. The molecule has 0 unspecified atom stereocenters. The van der Waals surface area contributed by atoms with Gasteiger partial charge < -0.3 is 68.7 Å². The van der Waals surface area contributed by atoms with Crippen LogP contribution in [0.3, 0.4) is 0 Å². The summed E-state index contributed by atoms with van der Waals surface area (Å²) in [6.45, 7) is 0. The minimum atomic E-state index is -5.14. The van der Waals surface area contributed by atoms with Gasteiger partial charge in [0.05, 0.1) is 23.5 Å². The van der Waals surface area contributed by atoms with E-state index in [9.17, 15) is 0 Å². The van der Waals surface area contributed by atoms with Gasteiger partial charge >= 0.3 is 0 Å². The molecule has 0 aliphatic carbocycles. The van der Waals surface area contributed by atoms with Gasteiger partial charge in [0.1, 0.15) is 0 Å². The molecule has 0 saturated heterocycles. The second kappa shape index (κ2) is 17.5. The monoisotopic (exact) mass is 422 g/mol. The first-order chi connectivity index (χ1) is 6.00. The summed E-state index contributed by atoms with van der Waals surface area (Å²) in [5, 5.41) is 0. The predicted octanol–water partition coefficient (Wildman–Crippen LogP) is -6.82. The van der Waals surface area contributed by atoms with Crippen LogP contribution >= 0.6 is 23.5 Å². The van der Waals surface area contributed by atoms with Gasteiger partial charge in [0.25, 0.3) is 0 Å². The van der Waals surface area contributed by atoms with Crippen molar-refractivity contribution in [1.29, 1.82) is 0 Å². The molecule has 14 nitrogen and oxygen atoms in total. The average molecular weight is 422 g/mol. The summed E-state index contributed by atoms with van der Waals surface area (Å²) in [5.74, 6) is 0. The number of rotatable bonds is 0. The van der Waals surface area contributed by atoms with E-state index in [1.54, 1.807) is 0 Å². The van der Waals surface area contributed by atoms with Crippen LogP contribution in [0.4, 0.5) is 0 Å². The summed E-state index contributed by atoms with van der Waals surface area (Å²) < 4.78 is 26.0. The maximum Gasteiger partial charge on any atom is 0.0557 e. The fraction of sp³-hybridized carbons (Fsp3) is 0. The zero-order valence-electron chi connectivity index (χ0n) is 8.07. The first-order valence-electron chi connectivity index (χ1n) is 2.24. The van der Waals surface area contributed by atoms with Gasteiger partial charge in [-0.25, -0.2) is 0 Å². The van der Waals surface area contributed by atoms with E-state index in [2.05, 4.69) is 0 Å². The number of hydrogen-bond acceptors (Lipinski definition) is 9. The van der Waals surface area contributed by atoms with Gasteiger partial charge in [0, 0.05) is 37.1 Å². The van der Waals surface area contributed by atoms with Gasteiger partial charge in [0.2, 0.25) is 0 Å². The molecule has 0 bridgehead atoms. The Morgan fingerprint density at radius 1 is 0.526 bits per heavy atom. The largest absolute Gasteiger partial charge is 2.00 e. The van der Waals surface area contributed by atoms with Crippen LogP contribution in [0.1, 0.15) is 0 Å². The Bertz CT molecular complexity index is 207. The summed E-state index contributed by atoms with van der Waals surface area (Å²) in [6.07, 6.45) is 0. The van der Waals surface area contributed by atoms with Crippen LogP contribution < -0.4 is 29.4 Å². The summed E-state index contributed by atoms with van der Waals surface area (Å²) in [4.78, 5) is 72.9. The van der Waals surface area contributed by atoms with Crippen molar-refractivity contribution in [2.75, 3.05) is 0 Å². The second-order valence-electron chi connectivity index (χ2n) is 1.41. The standard InChI is InChI=1S/3H3O4P.2O.2V/c3*1-5(2,3)4;;;;/h3*(H3,1,2,3,4);;;;/q;;;2*-2;;/p-6. The Morgan fingerprint density at radius 3 is 0.526 bits per heavy atom. The quantitative estimate of drug-likeness (QED) is 0.307. The second-order valence-corrected chi connectivity index (χ2v) is 4.22. The van der Waals surface area contributed by atoms with E-state index < -0.39 is 23.5 Å². The normalized spacial score (nSPS) is 9.32. The SMILES string of the molecule is O=P([O-])([O-])O.O=P([O-])([O-])O.O=P([O-])([O-])O.[O-2].[O-2].[V].[V]. The Labute approximate surface area is 129 Å². The molecule has 0 amide bonds. The molecule has 0 aromatic carbocycles. The molecule has 0 aromatic rings. The van der Waals surface area contributed by atoms with E-state index in [-0.39, 0.29) is 48.1 Å². The zero-order chi connectivity index (χ0) is 13.5. The first-order valence-corrected chi connectivity index (χ1v) is 6.73. The third-order valence-electron chi connectivity index (χ3n) is 0. The van der Waals surface area contributed by atoms with E-state index in [0.717, 1.165) is 0 Å². The molecule has 0 aliphatic heterocycles. The van der Waals surface area contributed by atoms with Gasteiger partial charge in [-0.05, 0) is 0 Å². The minimum absolute atomic E-state index is 0. The maximum atomic E-state index is 8.66. The van der Waals surface area contributed by atoms with E-state index in [1.165, 1.54) is 0 Å². The molecule has 0 rings (SSSR count). The van der Waals surface area contributed by atoms with E-state index in [0.29, 0.717) is 0 Å². The molecule has 0 heterocycles. The maximum absolute atomic E-state index is 8.66. The van der Waals surface area contributed by atoms with Crippen LogP contribution in [-0.2, 0) is 61.8 Å². The molecular formula is H3O14P3V2-10. The smallest absolute Gasteiger partial charge is 0.0557 e. The molecule has 0 aromatic heterocycles. The van der Waals surface area contributed by atoms with Crippen molar-refractivity contribution in [3.05, 3.63) is 0 Å². The topological polar surface area (TPSA) is 307 Å². The summed E-state index contributed by atoms with van der Waals surface area (Å²) in [7, 11) is -15.4. The van der Waals surface area contributed by atoms with Gasteiger partial charge in [-0.15, -0.1) is 0 Å². The van der Waals surface area contributed by atoms with Crippen molar-refractivity contribution in [1.82, 2.24) is 0 Å². The van der Waals surface area contributed by atoms with Crippen molar-refractivity contribution in [3.63, 3.8) is 0 Å². The Hall–Kier alpha value is 1.42. The van der Waals surface area contributed by atoms with Crippen molar-refractivity contribution in [2.24, 2.45) is 0 Å². The van der Waals surface area contributed by atoms with Crippen molar-refractivity contribution >= 4 is 23.5 Å². The van der Waals surface area contributed by atoms with E-state index in [4.69, 9.17) is 57.7 Å². The van der Waals surface area contributed by atoms with Crippen molar-refractivity contribution < 1.29 is 106 Å². The summed E-state index contributed by atoms with van der Waals surface area (Å²) >= 11 is 0. The molecule has 3 N–H and O–H groups in total. The van der Waals surface area contributed by atoms with Gasteiger partial charge in [-0.2, -0.15) is 0 Å². The van der Waals surface area contributed by atoms with Crippen molar-refractivity contribution in [2.45, 2.75) is 0 Å². The molecule has 0 saturated carbocycles. The molecule has 19 heteroatoms. The molecular weight excluding hydrogens is 419 g/mol. The van der Waals surface area contributed by atoms with Crippen LogP contribution in [0.2, 0.25) is 0 Å². The van der Waals surface area contributed by atoms with Gasteiger partial charge in [-0.1, -0.05) is 0 Å². The Balaban J connectivity index is -0.0000000206. The molecule has 0 spiro atoms. The summed E-state index contributed by atoms with van der Waals surface area (Å²) in [6, 6.07) is 0. The van der Waals surface area contributed by atoms with E-state index >= 15 is 0 Å². The minimum Gasteiger partial charge on any atom is -2.00 e. The first kappa shape index (κ1) is 42.8. The van der Waals surface area contributed by atoms with Gasteiger partial charge in [-0.3, -0.25) is 0 Å². The zero-order valence-corrected chi connectivity index (χ0v) is 13.5.